The van der Waals surface area contributed by atoms with Crippen molar-refractivity contribution in [2.75, 3.05) is 38.1 Å². The molecule has 0 fully saturated rings. The number of aromatic amines is 1. The Bertz CT molecular complexity index is 1310. The molecule has 0 spiro atoms. The average molecular weight is 522 g/mol. The number of hydrazine groups is 1. The maximum Gasteiger partial charge on any atom is 0.434 e. The van der Waals surface area contributed by atoms with Crippen molar-refractivity contribution >= 4 is 17.5 Å². The number of H-pyrrole nitrogens is 1. The smallest absolute Gasteiger partial charge is 0.388 e. The van der Waals surface area contributed by atoms with Crippen LogP contribution in [0.25, 0.3) is 11.5 Å². The first kappa shape index (κ1) is 27.1. The first-order valence-corrected chi connectivity index (χ1v) is 12.7. The van der Waals surface area contributed by atoms with Gasteiger partial charge in [-0.25, -0.2) is 14.9 Å². The molecule has 0 saturated carbocycles. The number of anilines is 1. The van der Waals surface area contributed by atoms with E-state index in [1.165, 1.54) is 11.1 Å². The molecule has 2 amide bonds. The molecular weight excluding hydrogens is 486 g/mol. The first-order chi connectivity index (χ1) is 18.2. The number of benzene rings is 2. The fraction of sp³-hybridized carbons (Fsp3) is 0.407. The molecule has 1 aromatic heterocycles. The van der Waals surface area contributed by atoms with Crippen LogP contribution in [-0.4, -0.2) is 71.3 Å². The molecular formula is C27H35N7O4. The summed E-state index contributed by atoms with van der Waals surface area (Å²) in [4.78, 5) is 39.6. The zero-order chi connectivity index (χ0) is 27.2. The van der Waals surface area contributed by atoms with E-state index in [4.69, 9.17) is 4.42 Å². The molecule has 0 radical (unpaired) electrons. The molecule has 0 bridgehead atoms. The van der Waals surface area contributed by atoms with E-state index < -0.39 is 5.76 Å². The molecule has 4 rings (SSSR count). The quantitative estimate of drug-likeness (QED) is 0.325. The fourth-order valence-corrected chi connectivity index (χ4v) is 4.41. The second-order valence-corrected chi connectivity index (χ2v) is 9.74. The molecule has 0 aliphatic carbocycles. The number of carbonyl (C=O) groups excluding carboxylic acids is 2. The Morgan fingerprint density at radius 2 is 1.82 bits per heavy atom. The summed E-state index contributed by atoms with van der Waals surface area (Å²) in [5.74, 6) is -0.866. The van der Waals surface area contributed by atoms with Crippen LogP contribution in [0.3, 0.4) is 0 Å². The minimum atomic E-state index is -0.656. The number of rotatable bonds is 11. The predicted molar refractivity (Wildman–Crippen MR) is 144 cm³/mol. The minimum absolute atomic E-state index is 0.0176. The molecule has 11 nitrogen and oxygen atoms in total. The topological polar surface area (TPSA) is 127 Å². The monoisotopic (exact) mass is 521 g/mol. The third-order valence-corrected chi connectivity index (χ3v) is 6.50. The van der Waals surface area contributed by atoms with E-state index in [1.807, 2.05) is 44.0 Å². The standard InChI is InChI=1S/C27H35N7O4/c1-18(2)28-11-12-29-24(35)16-33(23-13-20(10-9-19(23)3)26-30-31-27(37)38-26)17-25(36)32(4)34-14-21-7-5-6-8-22(21)15-34/h5-10,13,18,28H,11-12,14-17H2,1-4H3,(H,29,35)(H,31,37). The van der Waals surface area contributed by atoms with Crippen LogP contribution >= 0.6 is 0 Å². The number of likely N-dealkylation sites (N-methyl/N-ethyl adjacent to an activating group) is 1. The number of nitrogens with one attached hydrogen (secondary N) is 3. The highest BCUT2D eigenvalue weighted by Crippen LogP contribution is 2.27. The molecule has 0 atom stereocenters. The largest absolute Gasteiger partial charge is 0.434 e. The van der Waals surface area contributed by atoms with Gasteiger partial charge in [-0.3, -0.25) is 14.6 Å². The summed E-state index contributed by atoms with van der Waals surface area (Å²) < 4.78 is 5.12. The van der Waals surface area contributed by atoms with Gasteiger partial charge in [0.15, 0.2) is 0 Å². The molecule has 202 valence electrons. The lowest BCUT2D eigenvalue weighted by Crippen LogP contribution is -2.48. The summed E-state index contributed by atoms with van der Waals surface area (Å²) in [6, 6.07) is 13.9. The van der Waals surface area contributed by atoms with Crippen LogP contribution in [0.15, 0.2) is 51.7 Å². The van der Waals surface area contributed by atoms with Crippen molar-refractivity contribution in [1.29, 1.82) is 0 Å². The summed E-state index contributed by atoms with van der Waals surface area (Å²) in [6.45, 7) is 8.37. The van der Waals surface area contributed by atoms with Gasteiger partial charge in [0.05, 0.1) is 13.1 Å². The number of hydrogen-bond acceptors (Lipinski definition) is 8. The summed E-state index contributed by atoms with van der Waals surface area (Å²) >= 11 is 0. The molecule has 0 unspecified atom stereocenters. The Hall–Kier alpha value is -3.96. The second kappa shape index (κ2) is 12.1. The molecule has 2 aromatic carbocycles. The van der Waals surface area contributed by atoms with E-state index in [9.17, 15) is 14.4 Å². The van der Waals surface area contributed by atoms with Crippen LogP contribution in [0, 0.1) is 6.92 Å². The zero-order valence-corrected chi connectivity index (χ0v) is 22.3. The van der Waals surface area contributed by atoms with Crippen molar-refractivity contribution in [3.05, 3.63) is 69.7 Å². The van der Waals surface area contributed by atoms with Crippen LogP contribution in [-0.2, 0) is 22.7 Å². The van der Waals surface area contributed by atoms with Crippen LogP contribution in [0.1, 0.15) is 30.5 Å². The van der Waals surface area contributed by atoms with Gasteiger partial charge in [-0.1, -0.05) is 44.2 Å². The van der Waals surface area contributed by atoms with Gasteiger partial charge in [-0.15, -0.1) is 5.10 Å². The normalized spacial score (nSPS) is 13.0. The first-order valence-electron chi connectivity index (χ1n) is 12.7. The molecule has 11 heteroatoms. The van der Waals surface area contributed by atoms with Gasteiger partial charge in [0.2, 0.25) is 11.8 Å². The molecule has 3 N–H and O–H groups in total. The maximum absolute atomic E-state index is 13.5. The van der Waals surface area contributed by atoms with Gasteiger partial charge in [0.25, 0.3) is 5.91 Å². The Morgan fingerprint density at radius 3 is 2.45 bits per heavy atom. The van der Waals surface area contributed by atoms with E-state index in [0.717, 1.165) is 5.56 Å². The van der Waals surface area contributed by atoms with Gasteiger partial charge in [0, 0.05) is 50.5 Å². The van der Waals surface area contributed by atoms with Gasteiger partial charge in [-0.05, 0) is 35.7 Å². The van der Waals surface area contributed by atoms with Crippen LogP contribution in [0.5, 0.6) is 0 Å². The maximum atomic E-state index is 13.5. The number of hydrogen-bond donors (Lipinski definition) is 3. The lowest BCUT2D eigenvalue weighted by Gasteiger charge is -2.32. The summed E-state index contributed by atoms with van der Waals surface area (Å²) in [7, 11) is 1.76. The Labute approximate surface area is 221 Å². The van der Waals surface area contributed by atoms with E-state index in [1.54, 1.807) is 29.1 Å². The average Bonchev–Trinajstić information content (AvgIpc) is 3.52. The van der Waals surface area contributed by atoms with Crippen molar-refractivity contribution in [1.82, 2.24) is 30.8 Å². The highest BCUT2D eigenvalue weighted by molar-refractivity contribution is 5.87. The summed E-state index contributed by atoms with van der Waals surface area (Å²) in [5.41, 5.74) is 4.50. The van der Waals surface area contributed by atoms with Gasteiger partial charge in [-0.2, -0.15) is 0 Å². The van der Waals surface area contributed by atoms with E-state index in [2.05, 4.69) is 33.0 Å². The number of nitrogens with zero attached hydrogens (tertiary/aromatic N) is 4. The van der Waals surface area contributed by atoms with E-state index in [0.29, 0.717) is 43.5 Å². The Morgan fingerprint density at radius 1 is 1.11 bits per heavy atom. The molecule has 38 heavy (non-hydrogen) atoms. The molecule has 1 aliphatic heterocycles. The third-order valence-electron chi connectivity index (χ3n) is 6.50. The van der Waals surface area contributed by atoms with Crippen molar-refractivity contribution in [3.8, 4) is 11.5 Å². The third kappa shape index (κ3) is 6.67. The van der Waals surface area contributed by atoms with Gasteiger partial charge in [0.1, 0.15) is 0 Å². The van der Waals surface area contributed by atoms with Crippen molar-refractivity contribution < 1.29 is 14.0 Å². The Kier molecular flexibility index (Phi) is 8.59. The lowest BCUT2D eigenvalue weighted by atomic mass is 10.1. The SMILES string of the molecule is Cc1ccc(-c2n[nH]c(=O)o2)cc1N(CC(=O)NCCNC(C)C)CC(=O)N(C)N1Cc2ccccc2C1. The molecule has 3 aromatic rings. The highest BCUT2D eigenvalue weighted by atomic mass is 16.4. The number of aromatic nitrogens is 2. The molecule has 2 heterocycles. The lowest BCUT2D eigenvalue weighted by molar-refractivity contribution is -0.145. The van der Waals surface area contributed by atoms with Crippen LogP contribution < -0.4 is 21.3 Å². The van der Waals surface area contributed by atoms with Gasteiger partial charge < -0.3 is 20.0 Å². The molecule has 1 aliphatic rings. The van der Waals surface area contributed by atoms with Crippen molar-refractivity contribution in [2.45, 2.75) is 39.9 Å². The second-order valence-electron chi connectivity index (χ2n) is 9.74. The van der Waals surface area contributed by atoms with Crippen molar-refractivity contribution in [3.63, 3.8) is 0 Å². The number of carbonyl (C=O) groups is 2. The zero-order valence-electron chi connectivity index (χ0n) is 22.3. The summed E-state index contributed by atoms with van der Waals surface area (Å²) in [6.07, 6.45) is 0. The number of fused-ring (bicyclic) bond motifs is 1. The number of aryl methyl sites for hydroxylation is 1. The van der Waals surface area contributed by atoms with Gasteiger partial charge >= 0.3 is 5.76 Å². The number of amides is 2. The van der Waals surface area contributed by atoms with E-state index >= 15 is 0 Å². The fourth-order valence-electron chi connectivity index (χ4n) is 4.41. The van der Waals surface area contributed by atoms with Crippen LogP contribution in [0.4, 0.5) is 5.69 Å². The minimum Gasteiger partial charge on any atom is -0.388 e. The molecule has 0 saturated heterocycles. The summed E-state index contributed by atoms with van der Waals surface area (Å²) in [5, 5.41) is 16.0. The van der Waals surface area contributed by atoms with Crippen LogP contribution in [0.2, 0.25) is 0 Å². The highest BCUT2D eigenvalue weighted by Gasteiger charge is 2.27. The van der Waals surface area contributed by atoms with Crippen molar-refractivity contribution in [2.24, 2.45) is 0 Å². The Balaban J connectivity index is 1.52. The predicted octanol–water partition coefficient (Wildman–Crippen LogP) is 1.65. The van der Waals surface area contributed by atoms with E-state index in [-0.39, 0.29) is 30.8 Å².